The van der Waals surface area contributed by atoms with E-state index in [1.54, 1.807) is 26.4 Å². The Bertz CT molecular complexity index is 539. The van der Waals surface area contributed by atoms with E-state index in [2.05, 4.69) is 31.9 Å². The number of carbonyl (C=O) groups excluding carboxylic acids is 1. The molecule has 0 aliphatic heterocycles. The van der Waals surface area contributed by atoms with E-state index in [-0.39, 0.29) is 10.6 Å². The van der Waals surface area contributed by atoms with E-state index < -0.39 is 0 Å². The van der Waals surface area contributed by atoms with Crippen molar-refractivity contribution in [2.45, 2.75) is 49.8 Å². The average Bonchev–Trinajstić information content (AvgIpc) is 2.59. The molecule has 1 aliphatic carbocycles. The van der Waals surface area contributed by atoms with Crippen LogP contribution in [0.3, 0.4) is 0 Å². The van der Waals surface area contributed by atoms with Gasteiger partial charge in [-0.25, -0.2) is 0 Å². The summed E-state index contributed by atoms with van der Waals surface area (Å²) in [6, 6.07) is 3.53. The highest BCUT2D eigenvalue weighted by Crippen LogP contribution is 2.35. The van der Waals surface area contributed by atoms with Gasteiger partial charge < -0.3 is 9.47 Å². The highest BCUT2D eigenvalue weighted by molar-refractivity contribution is 9.10. The summed E-state index contributed by atoms with van der Waals surface area (Å²) >= 11 is 7.02. The number of hydrogen-bond acceptors (Lipinski definition) is 3. The van der Waals surface area contributed by atoms with Crippen molar-refractivity contribution in [3.63, 3.8) is 0 Å². The molecule has 1 saturated carbocycles. The number of hydrogen-bond donors (Lipinski definition) is 0. The monoisotopic (exact) mass is 446 g/mol. The standard InChI is InChI=1S/C18H24Br2O3/c1-22-16-11-17(23-2)15(20)10-13(16)18(21)14(19)9-8-12-6-4-3-5-7-12/h10-12,14H,3-9H2,1-2H3. The van der Waals surface area contributed by atoms with Gasteiger partial charge in [0, 0.05) is 6.07 Å². The van der Waals surface area contributed by atoms with Crippen LogP contribution in [0.15, 0.2) is 16.6 Å². The van der Waals surface area contributed by atoms with Crippen molar-refractivity contribution in [1.29, 1.82) is 0 Å². The lowest BCUT2D eigenvalue weighted by molar-refractivity contribution is 0.0982. The zero-order valence-electron chi connectivity index (χ0n) is 13.7. The van der Waals surface area contributed by atoms with E-state index in [0.717, 1.165) is 23.2 Å². The summed E-state index contributed by atoms with van der Waals surface area (Å²) < 4.78 is 11.4. The Labute approximate surface area is 155 Å². The largest absolute Gasteiger partial charge is 0.496 e. The van der Waals surface area contributed by atoms with Gasteiger partial charge in [-0.15, -0.1) is 0 Å². The molecule has 0 amide bonds. The SMILES string of the molecule is COc1cc(OC)c(C(=O)C(Br)CCC2CCCCC2)cc1Br. The maximum Gasteiger partial charge on any atom is 0.180 e. The summed E-state index contributed by atoms with van der Waals surface area (Å²) in [4.78, 5) is 12.6. The molecule has 0 radical (unpaired) electrons. The van der Waals surface area contributed by atoms with Gasteiger partial charge in [0.15, 0.2) is 5.78 Å². The number of carbonyl (C=O) groups is 1. The summed E-state index contributed by atoms with van der Waals surface area (Å²) in [5.41, 5.74) is 0.589. The molecule has 3 nitrogen and oxygen atoms in total. The Balaban J connectivity index is 2.04. The summed E-state index contributed by atoms with van der Waals surface area (Å²) in [7, 11) is 3.17. The third-order valence-corrected chi connectivity index (χ3v) is 6.07. The number of rotatable bonds is 7. The smallest absolute Gasteiger partial charge is 0.180 e. The van der Waals surface area contributed by atoms with Gasteiger partial charge >= 0.3 is 0 Å². The molecule has 1 aromatic rings. The van der Waals surface area contributed by atoms with Gasteiger partial charge in [0.2, 0.25) is 0 Å². The first kappa shape index (κ1) is 18.8. The predicted octanol–water partition coefficient (Wildman–Crippen LogP) is 5.77. The molecule has 1 atom stereocenters. The van der Waals surface area contributed by atoms with Crippen molar-refractivity contribution < 1.29 is 14.3 Å². The van der Waals surface area contributed by atoms with Crippen LogP contribution in [-0.2, 0) is 0 Å². The van der Waals surface area contributed by atoms with Crippen LogP contribution < -0.4 is 9.47 Å². The minimum Gasteiger partial charge on any atom is -0.496 e. The molecule has 23 heavy (non-hydrogen) atoms. The number of ether oxygens (including phenoxy) is 2. The topological polar surface area (TPSA) is 35.5 Å². The van der Waals surface area contributed by atoms with Crippen molar-refractivity contribution in [3.05, 3.63) is 22.2 Å². The Morgan fingerprint density at radius 1 is 1.17 bits per heavy atom. The molecule has 1 unspecified atom stereocenters. The lowest BCUT2D eigenvalue weighted by Gasteiger charge is -2.22. The fourth-order valence-electron chi connectivity index (χ4n) is 3.21. The van der Waals surface area contributed by atoms with Crippen LogP contribution in [-0.4, -0.2) is 24.8 Å². The minimum absolute atomic E-state index is 0.0704. The van der Waals surface area contributed by atoms with Gasteiger partial charge in [0.25, 0.3) is 0 Å². The maximum atomic E-state index is 12.8. The molecule has 0 N–H and O–H groups in total. The van der Waals surface area contributed by atoms with Gasteiger partial charge in [-0.2, -0.15) is 0 Å². The first-order valence-corrected chi connectivity index (χ1v) is 9.87. The second-order valence-electron chi connectivity index (χ2n) is 6.10. The van der Waals surface area contributed by atoms with E-state index in [9.17, 15) is 4.79 Å². The highest BCUT2D eigenvalue weighted by Gasteiger charge is 2.24. The first-order chi connectivity index (χ1) is 11.1. The Morgan fingerprint density at radius 2 is 1.83 bits per heavy atom. The summed E-state index contributed by atoms with van der Waals surface area (Å²) in [5, 5.41) is 0. The predicted molar refractivity (Wildman–Crippen MR) is 100 cm³/mol. The van der Waals surface area contributed by atoms with E-state index in [1.807, 2.05) is 0 Å². The minimum atomic E-state index is -0.168. The second kappa shape index (κ2) is 9.07. The van der Waals surface area contributed by atoms with E-state index in [1.165, 1.54) is 32.1 Å². The molecule has 128 valence electrons. The molecule has 0 heterocycles. The van der Waals surface area contributed by atoms with Crippen molar-refractivity contribution in [1.82, 2.24) is 0 Å². The van der Waals surface area contributed by atoms with Crippen LogP contribution in [0.4, 0.5) is 0 Å². The highest BCUT2D eigenvalue weighted by atomic mass is 79.9. The van der Waals surface area contributed by atoms with Crippen LogP contribution in [0.5, 0.6) is 11.5 Å². The van der Waals surface area contributed by atoms with Crippen LogP contribution in [0, 0.1) is 5.92 Å². The quantitative estimate of drug-likeness (QED) is 0.393. The lowest BCUT2D eigenvalue weighted by Crippen LogP contribution is -2.17. The molecular formula is C18H24Br2O3. The molecule has 0 spiro atoms. The van der Waals surface area contributed by atoms with Crippen molar-refractivity contribution in [2.24, 2.45) is 5.92 Å². The van der Waals surface area contributed by atoms with Gasteiger partial charge in [0.1, 0.15) is 11.5 Å². The zero-order valence-corrected chi connectivity index (χ0v) is 16.9. The average molecular weight is 448 g/mol. The van der Waals surface area contributed by atoms with Crippen LogP contribution in [0.1, 0.15) is 55.3 Å². The molecule has 1 aliphatic rings. The van der Waals surface area contributed by atoms with Gasteiger partial charge in [-0.3, -0.25) is 4.79 Å². The molecule has 0 bridgehead atoms. The second-order valence-corrected chi connectivity index (χ2v) is 8.06. The summed E-state index contributed by atoms with van der Waals surface area (Å²) in [6.07, 6.45) is 8.65. The number of alkyl halides is 1. The maximum absolute atomic E-state index is 12.8. The third-order valence-electron chi connectivity index (χ3n) is 4.58. The van der Waals surface area contributed by atoms with Gasteiger partial charge in [0.05, 0.1) is 29.1 Å². The Kier molecular flexibility index (Phi) is 7.41. The normalized spacial score (nSPS) is 16.9. The first-order valence-electron chi connectivity index (χ1n) is 8.16. The summed E-state index contributed by atoms with van der Waals surface area (Å²) in [5.74, 6) is 2.06. The van der Waals surface area contributed by atoms with Crippen LogP contribution >= 0.6 is 31.9 Å². The van der Waals surface area contributed by atoms with Crippen molar-refractivity contribution >= 4 is 37.6 Å². The van der Waals surface area contributed by atoms with Crippen molar-refractivity contribution in [3.8, 4) is 11.5 Å². The number of methoxy groups -OCH3 is 2. The Hall–Kier alpha value is -0.550. The molecule has 2 rings (SSSR count). The van der Waals surface area contributed by atoms with Gasteiger partial charge in [-0.05, 0) is 40.8 Å². The summed E-state index contributed by atoms with van der Waals surface area (Å²) in [6.45, 7) is 0. The molecule has 5 heteroatoms. The molecular weight excluding hydrogens is 424 g/mol. The molecule has 0 saturated heterocycles. The molecule has 1 aromatic carbocycles. The number of Topliss-reactive ketones (excluding diaryl/α,β-unsaturated/α-hetero) is 1. The van der Waals surface area contributed by atoms with Crippen LogP contribution in [0.2, 0.25) is 0 Å². The van der Waals surface area contributed by atoms with E-state index in [0.29, 0.717) is 17.1 Å². The van der Waals surface area contributed by atoms with Crippen molar-refractivity contribution in [2.75, 3.05) is 14.2 Å². The fourth-order valence-corrected chi connectivity index (χ4v) is 4.23. The molecule has 1 fully saturated rings. The third kappa shape index (κ3) is 4.96. The Morgan fingerprint density at radius 3 is 2.43 bits per heavy atom. The number of halogens is 2. The molecule has 0 aromatic heterocycles. The number of ketones is 1. The lowest BCUT2D eigenvalue weighted by atomic mass is 9.85. The van der Waals surface area contributed by atoms with Crippen LogP contribution in [0.25, 0.3) is 0 Å². The number of benzene rings is 1. The van der Waals surface area contributed by atoms with Gasteiger partial charge in [-0.1, -0.05) is 48.0 Å². The van der Waals surface area contributed by atoms with E-state index in [4.69, 9.17) is 9.47 Å². The zero-order chi connectivity index (χ0) is 16.8. The van der Waals surface area contributed by atoms with E-state index >= 15 is 0 Å². The fraction of sp³-hybridized carbons (Fsp3) is 0.611.